The Labute approximate surface area is 89.3 Å². The maximum atomic E-state index is 5.52. The van der Waals surface area contributed by atoms with Crippen LogP contribution in [-0.4, -0.2) is 11.6 Å². The molecule has 0 atom stereocenters. The molecule has 1 saturated carbocycles. The smallest absolute Gasteiger partial charge is 0.129 e. The number of aromatic nitrogens is 1. The Morgan fingerprint density at radius 2 is 2.20 bits per heavy atom. The van der Waals surface area contributed by atoms with Crippen molar-refractivity contribution in [3.8, 4) is 0 Å². The third-order valence-electron chi connectivity index (χ3n) is 2.79. The Hall–Kier alpha value is -1.28. The molecule has 15 heavy (non-hydrogen) atoms. The number of hydrogen-bond acceptors (Lipinski definition) is 1. The molecular weight excluding hydrogens is 186 g/mol. The van der Waals surface area contributed by atoms with E-state index in [9.17, 15) is 0 Å². The van der Waals surface area contributed by atoms with E-state index >= 15 is 0 Å². The van der Waals surface area contributed by atoms with Gasteiger partial charge in [0.25, 0.3) is 0 Å². The van der Waals surface area contributed by atoms with Gasteiger partial charge in [-0.25, -0.2) is 0 Å². The van der Waals surface area contributed by atoms with Gasteiger partial charge >= 0.3 is 0 Å². The molecule has 2 nitrogen and oxygen atoms in total. The molecule has 0 bridgehead atoms. The van der Waals surface area contributed by atoms with Crippen LogP contribution in [0.3, 0.4) is 0 Å². The van der Waals surface area contributed by atoms with Crippen molar-refractivity contribution < 1.29 is 4.74 Å². The largest absolute Gasteiger partial charge is 0.369 e. The van der Waals surface area contributed by atoms with Crippen LogP contribution in [0.4, 0.5) is 0 Å². The molecule has 77 valence electrons. The average Bonchev–Trinajstić information content (AvgIpc) is 2.97. The standard InChI is InChI=1S/C13H14NO/c1-2-4-13-11(3-1)7-12(14-13)9-15-8-10-5-6-10/h1-4,7,9-10,14H,5-6,8H2. The Balaban J connectivity index is 1.68. The summed E-state index contributed by atoms with van der Waals surface area (Å²) in [5.41, 5.74) is 2.22. The number of fused-ring (bicyclic) bond motifs is 1. The van der Waals surface area contributed by atoms with Crippen molar-refractivity contribution in [1.29, 1.82) is 0 Å². The summed E-state index contributed by atoms with van der Waals surface area (Å²) in [6.07, 6.45) is 2.67. The van der Waals surface area contributed by atoms with Gasteiger partial charge in [0, 0.05) is 11.2 Å². The summed E-state index contributed by atoms with van der Waals surface area (Å²) < 4.78 is 5.52. The molecule has 0 aliphatic heterocycles. The van der Waals surface area contributed by atoms with Crippen LogP contribution < -0.4 is 0 Å². The van der Waals surface area contributed by atoms with Crippen LogP contribution >= 0.6 is 0 Å². The highest BCUT2D eigenvalue weighted by molar-refractivity contribution is 5.80. The molecular formula is C13H14NO. The summed E-state index contributed by atoms with van der Waals surface area (Å²) in [5, 5.41) is 1.23. The molecule has 2 aromatic rings. The number of benzene rings is 1. The highest BCUT2D eigenvalue weighted by Crippen LogP contribution is 2.29. The first-order valence-electron chi connectivity index (χ1n) is 5.44. The van der Waals surface area contributed by atoms with Gasteiger partial charge in [0.15, 0.2) is 0 Å². The van der Waals surface area contributed by atoms with E-state index < -0.39 is 0 Å². The van der Waals surface area contributed by atoms with Gasteiger partial charge in [-0.1, -0.05) is 18.2 Å². The van der Waals surface area contributed by atoms with Gasteiger partial charge in [0.2, 0.25) is 0 Å². The summed E-state index contributed by atoms with van der Waals surface area (Å²) in [6, 6.07) is 10.4. The van der Waals surface area contributed by atoms with E-state index in [1.165, 1.54) is 23.7 Å². The lowest BCUT2D eigenvalue weighted by Gasteiger charge is -1.98. The van der Waals surface area contributed by atoms with Gasteiger partial charge in [0.1, 0.15) is 6.61 Å². The van der Waals surface area contributed by atoms with Crippen LogP contribution in [0.2, 0.25) is 0 Å². The molecule has 2 heteroatoms. The molecule has 0 spiro atoms. The molecule has 1 heterocycles. The van der Waals surface area contributed by atoms with E-state index in [4.69, 9.17) is 4.74 Å². The molecule has 1 radical (unpaired) electrons. The topological polar surface area (TPSA) is 25.0 Å². The minimum absolute atomic E-state index is 0.811. The van der Waals surface area contributed by atoms with E-state index in [0.29, 0.717) is 0 Å². The summed E-state index contributed by atoms with van der Waals surface area (Å²) in [7, 11) is 0. The van der Waals surface area contributed by atoms with Gasteiger partial charge in [-0.2, -0.15) is 0 Å². The summed E-state index contributed by atoms with van der Waals surface area (Å²) >= 11 is 0. The number of hydrogen-bond donors (Lipinski definition) is 1. The van der Waals surface area contributed by atoms with Crippen molar-refractivity contribution in [1.82, 2.24) is 4.98 Å². The lowest BCUT2D eigenvalue weighted by atomic mass is 10.2. The van der Waals surface area contributed by atoms with Gasteiger partial charge in [-0.05, 0) is 36.3 Å². The predicted molar refractivity (Wildman–Crippen MR) is 60.4 cm³/mol. The normalized spacial score (nSPS) is 16.0. The molecule has 1 aliphatic rings. The molecule has 1 fully saturated rings. The average molecular weight is 200 g/mol. The Bertz CT molecular complexity index is 423. The Kier molecular flexibility index (Phi) is 2.22. The zero-order valence-corrected chi connectivity index (χ0v) is 8.57. The monoisotopic (exact) mass is 200 g/mol. The fraction of sp³-hybridized carbons (Fsp3) is 0.308. The maximum absolute atomic E-state index is 5.52. The van der Waals surface area contributed by atoms with Crippen molar-refractivity contribution in [3.05, 3.63) is 42.6 Å². The zero-order valence-electron chi connectivity index (χ0n) is 8.57. The summed E-state index contributed by atoms with van der Waals surface area (Å²) in [6.45, 7) is 2.70. The van der Waals surface area contributed by atoms with Crippen LogP contribution in [0.15, 0.2) is 30.3 Å². The Morgan fingerprint density at radius 1 is 1.33 bits per heavy atom. The molecule has 1 aromatic heterocycles. The van der Waals surface area contributed by atoms with Crippen LogP contribution in [0.5, 0.6) is 0 Å². The summed E-state index contributed by atoms with van der Waals surface area (Å²) in [5.74, 6) is 0.811. The van der Waals surface area contributed by atoms with Crippen molar-refractivity contribution >= 4 is 10.9 Å². The molecule has 0 unspecified atom stereocenters. The number of nitrogens with one attached hydrogen (secondary N) is 1. The van der Waals surface area contributed by atoms with Gasteiger partial charge in [-0.3, -0.25) is 0 Å². The molecule has 0 saturated heterocycles. The zero-order chi connectivity index (χ0) is 10.1. The Morgan fingerprint density at radius 3 is 3.00 bits per heavy atom. The van der Waals surface area contributed by atoms with Gasteiger partial charge in [0.05, 0.1) is 6.61 Å². The van der Waals surface area contributed by atoms with E-state index in [0.717, 1.165) is 18.2 Å². The lowest BCUT2D eigenvalue weighted by molar-refractivity contribution is 0.198. The first-order valence-corrected chi connectivity index (χ1v) is 5.44. The molecule has 1 N–H and O–H groups in total. The number of para-hydroxylation sites is 1. The second-order valence-corrected chi connectivity index (χ2v) is 4.21. The first-order chi connectivity index (χ1) is 7.42. The minimum atomic E-state index is 0.811. The van der Waals surface area contributed by atoms with E-state index in [2.05, 4.69) is 23.2 Å². The van der Waals surface area contributed by atoms with Crippen LogP contribution in [0, 0.1) is 12.5 Å². The second kappa shape index (κ2) is 3.70. The third-order valence-corrected chi connectivity index (χ3v) is 2.79. The van der Waals surface area contributed by atoms with Crippen LogP contribution in [-0.2, 0) is 4.74 Å². The van der Waals surface area contributed by atoms with Crippen LogP contribution in [0.25, 0.3) is 10.9 Å². The maximum Gasteiger partial charge on any atom is 0.129 e. The minimum Gasteiger partial charge on any atom is -0.369 e. The molecule has 1 aliphatic carbocycles. The molecule has 1 aromatic carbocycles. The molecule has 0 amide bonds. The highest BCUT2D eigenvalue weighted by Gasteiger charge is 2.21. The van der Waals surface area contributed by atoms with E-state index in [1.54, 1.807) is 0 Å². The fourth-order valence-corrected chi connectivity index (χ4v) is 1.72. The number of rotatable bonds is 4. The quantitative estimate of drug-likeness (QED) is 0.806. The number of aromatic amines is 1. The number of H-pyrrole nitrogens is 1. The van der Waals surface area contributed by atoms with Crippen molar-refractivity contribution in [2.24, 2.45) is 5.92 Å². The number of ether oxygens (including phenoxy) is 1. The van der Waals surface area contributed by atoms with Crippen molar-refractivity contribution in [2.75, 3.05) is 6.61 Å². The summed E-state index contributed by atoms with van der Waals surface area (Å²) in [4.78, 5) is 3.31. The SMILES string of the molecule is [CH](OCC1CC1)c1cc2ccccc2[nH]1. The van der Waals surface area contributed by atoms with E-state index in [-0.39, 0.29) is 0 Å². The van der Waals surface area contributed by atoms with Crippen LogP contribution in [0.1, 0.15) is 18.5 Å². The van der Waals surface area contributed by atoms with E-state index in [1.807, 2.05) is 18.7 Å². The highest BCUT2D eigenvalue weighted by atomic mass is 16.5. The van der Waals surface area contributed by atoms with Crippen molar-refractivity contribution in [3.63, 3.8) is 0 Å². The molecule has 3 rings (SSSR count). The lowest BCUT2D eigenvalue weighted by Crippen LogP contribution is -1.94. The van der Waals surface area contributed by atoms with Gasteiger partial charge < -0.3 is 9.72 Å². The predicted octanol–water partition coefficient (Wildman–Crippen LogP) is 3.10. The second-order valence-electron chi connectivity index (χ2n) is 4.21. The van der Waals surface area contributed by atoms with Crippen molar-refractivity contribution in [2.45, 2.75) is 12.8 Å². The third kappa shape index (κ3) is 2.05. The first kappa shape index (κ1) is 8.98. The van der Waals surface area contributed by atoms with Gasteiger partial charge in [-0.15, -0.1) is 0 Å². The fourth-order valence-electron chi connectivity index (χ4n) is 1.72.